The van der Waals surface area contributed by atoms with Crippen molar-refractivity contribution in [2.45, 2.75) is 13.3 Å². The van der Waals surface area contributed by atoms with Crippen molar-refractivity contribution in [1.82, 2.24) is 4.57 Å². The SMILES string of the molecule is C=CC(=C)c1cc(-c2ccccc2)cc(-c2cc(N(C)C(=C)C3CC3C)cc(-n3c4ccccc4c4ccccc43)c2)c1. The lowest BCUT2D eigenvalue weighted by Crippen LogP contribution is -2.17. The summed E-state index contributed by atoms with van der Waals surface area (Å²) in [6, 6.07) is 41.6. The van der Waals surface area contributed by atoms with Gasteiger partial charge in [-0.15, -0.1) is 0 Å². The van der Waals surface area contributed by atoms with E-state index < -0.39 is 0 Å². The van der Waals surface area contributed by atoms with E-state index in [1.165, 1.54) is 39.5 Å². The molecule has 1 saturated carbocycles. The van der Waals surface area contributed by atoms with Crippen LogP contribution in [0.3, 0.4) is 0 Å². The Bertz CT molecular complexity index is 1990. The number of para-hydroxylation sites is 2. The summed E-state index contributed by atoms with van der Waals surface area (Å²) in [4.78, 5) is 2.29. The van der Waals surface area contributed by atoms with Crippen LogP contribution in [0.2, 0.25) is 0 Å². The lowest BCUT2D eigenvalue weighted by molar-refractivity contribution is 0.823. The molecule has 1 heterocycles. The quantitative estimate of drug-likeness (QED) is 0.169. The van der Waals surface area contributed by atoms with Gasteiger partial charge in [0.15, 0.2) is 0 Å². The van der Waals surface area contributed by atoms with Gasteiger partial charge in [-0.1, -0.05) is 99.5 Å². The van der Waals surface area contributed by atoms with Gasteiger partial charge in [-0.2, -0.15) is 0 Å². The highest BCUT2D eigenvalue weighted by Gasteiger charge is 2.36. The Hall–Kier alpha value is -5.08. The average Bonchev–Trinajstić information content (AvgIpc) is 3.70. The van der Waals surface area contributed by atoms with Crippen LogP contribution in [0.5, 0.6) is 0 Å². The second-order valence-corrected chi connectivity index (χ2v) is 11.9. The molecule has 1 aliphatic carbocycles. The first-order valence-electron chi connectivity index (χ1n) is 15.0. The molecule has 1 aromatic heterocycles. The maximum atomic E-state index is 4.54. The van der Waals surface area contributed by atoms with E-state index in [-0.39, 0.29) is 0 Å². The normalized spacial score (nSPS) is 15.9. The van der Waals surface area contributed by atoms with Crippen molar-refractivity contribution >= 4 is 33.1 Å². The molecule has 2 heteroatoms. The summed E-state index contributed by atoms with van der Waals surface area (Å²) in [7, 11) is 2.16. The third-order valence-corrected chi connectivity index (χ3v) is 9.09. The minimum Gasteiger partial charge on any atom is -0.348 e. The largest absolute Gasteiger partial charge is 0.348 e. The summed E-state index contributed by atoms with van der Waals surface area (Å²) >= 11 is 0. The van der Waals surface area contributed by atoms with Gasteiger partial charge < -0.3 is 9.47 Å². The molecule has 0 bridgehead atoms. The van der Waals surface area contributed by atoms with Gasteiger partial charge in [0.1, 0.15) is 0 Å². The van der Waals surface area contributed by atoms with Crippen LogP contribution < -0.4 is 4.90 Å². The van der Waals surface area contributed by atoms with E-state index in [4.69, 9.17) is 0 Å². The van der Waals surface area contributed by atoms with Gasteiger partial charge in [0.25, 0.3) is 0 Å². The molecule has 0 amide bonds. The van der Waals surface area contributed by atoms with E-state index in [2.05, 4.69) is 158 Å². The van der Waals surface area contributed by atoms with Crippen LogP contribution in [0.4, 0.5) is 5.69 Å². The van der Waals surface area contributed by atoms with Gasteiger partial charge in [-0.25, -0.2) is 0 Å². The summed E-state index contributed by atoms with van der Waals surface area (Å²) in [6.45, 7) is 15.2. The number of nitrogens with zero attached hydrogens (tertiary/aromatic N) is 2. The van der Waals surface area contributed by atoms with Gasteiger partial charge in [-0.3, -0.25) is 0 Å². The molecular weight excluding hydrogens is 520 g/mol. The number of hydrogen-bond donors (Lipinski definition) is 0. The van der Waals surface area contributed by atoms with Crippen LogP contribution in [-0.2, 0) is 0 Å². The maximum absolute atomic E-state index is 4.54. The van der Waals surface area contributed by atoms with Crippen LogP contribution in [-0.4, -0.2) is 11.6 Å². The predicted octanol–water partition coefficient (Wildman–Crippen LogP) is 10.9. The Balaban J connectivity index is 1.49. The maximum Gasteiger partial charge on any atom is 0.0541 e. The Labute approximate surface area is 254 Å². The van der Waals surface area contributed by atoms with E-state index in [1.807, 2.05) is 6.08 Å². The number of anilines is 1. The third kappa shape index (κ3) is 4.79. The molecule has 0 aliphatic heterocycles. The highest BCUT2D eigenvalue weighted by molar-refractivity contribution is 6.09. The highest BCUT2D eigenvalue weighted by atomic mass is 15.1. The van der Waals surface area contributed by atoms with Gasteiger partial charge in [-0.05, 0) is 94.3 Å². The minimum atomic E-state index is 0.536. The minimum absolute atomic E-state index is 0.536. The molecule has 43 heavy (non-hydrogen) atoms. The molecule has 2 unspecified atom stereocenters. The van der Waals surface area contributed by atoms with Gasteiger partial charge in [0, 0.05) is 40.8 Å². The molecule has 0 radical (unpaired) electrons. The fourth-order valence-electron chi connectivity index (χ4n) is 6.38. The van der Waals surface area contributed by atoms with Gasteiger partial charge in [0.05, 0.1) is 11.0 Å². The molecule has 2 atom stereocenters. The average molecular weight is 557 g/mol. The number of fused-ring (bicyclic) bond motifs is 3. The lowest BCUT2D eigenvalue weighted by atomic mass is 9.93. The Morgan fingerprint density at radius 3 is 1.88 bits per heavy atom. The predicted molar refractivity (Wildman–Crippen MR) is 186 cm³/mol. The molecule has 5 aromatic carbocycles. The Kier molecular flexibility index (Phi) is 6.63. The number of hydrogen-bond acceptors (Lipinski definition) is 1. The fourth-order valence-corrected chi connectivity index (χ4v) is 6.38. The van der Waals surface area contributed by atoms with Crippen LogP contribution in [0, 0.1) is 11.8 Å². The molecule has 1 fully saturated rings. The zero-order chi connectivity index (χ0) is 29.7. The molecule has 2 nitrogen and oxygen atoms in total. The van der Waals surface area contributed by atoms with Crippen LogP contribution in [0.15, 0.2) is 147 Å². The van der Waals surface area contributed by atoms with Crippen molar-refractivity contribution in [3.8, 4) is 27.9 Å². The van der Waals surface area contributed by atoms with E-state index in [0.717, 1.165) is 39.2 Å². The second kappa shape index (κ2) is 10.6. The first kappa shape index (κ1) is 26.8. The van der Waals surface area contributed by atoms with Gasteiger partial charge >= 0.3 is 0 Å². The summed E-state index contributed by atoms with van der Waals surface area (Å²) < 4.78 is 2.40. The van der Waals surface area contributed by atoms with Crippen LogP contribution >= 0.6 is 0 Å². The number of allylic oxidation sites excluding steroid dienone is 3. The van der Waals surface area contributed by atoms with Crippen LogP contribution in [0.1, 0.15) is 18.9 Å². The summed E-state index contributed by atoms with van der Waals surface area (Å²) in [5, 5.41) is 2.51. The standard InChI is InChI=1S/C41H36N2/c1-6-27(2)31-21-32(30-14-8-7-9-15-30)23-33(22-31)34-24-35(42(5)29(4)39-20-28(39)3)26-36(25-34)43-40-18-12-10-16-37(40)38-17-11-13-19-41(38)43/h6-19,21-26,28,39H,1-2,4,20H2,3,5H3. The third-order valence-electron chi connectivity index (χ3n) is 9.09. The van der Waals surface area contributed by atoms with Crippen molar-refractivity contribution < 1.29 is 0 Å². The first-order chi connectivity index (χ1) is 20.9. The molecule has 7 rings (SSSR count). The van der Waals surface area contributed by atoms with E-state index in [0.29, 0.717) is 11.8 Å². The smallest absolute Gasteiger partial charge is 0.0541 e. The molecule has 6 aromatic rings. The van der Waals surface area contributed by atoms with E-state index >= 15 is 0 Å². The highest BCUT2D eigenvalue weighted by Crippen LogP contribution is 2.45. The monoisotopic (exact) mass is 556 g/mol. The molecule has 210 valence electrons. The fraction of sp³-hybridized carbons (Fsp3) is 0.122. The number of rotatable bonds is 8. The zero-order valence-electron chi connectivity index (χ0n) is 24.9. The summed E-state index contributed by atoms with van der Waals surface area (Å²) in [5.74, 6) is 1.22. The zero-order valence-corrected chi connectivity index (χ0v) is 24.9. The topological polar surface area (TPSA) is 8.17 Å². The number of benzene rings is 5. The van der Waals surface area contributed by atoms with Crippen molar-refractivity contribution in [3.63, 3.8) is 0 Å². The van der Waals surface area contributed by atoms with E-state index in [1.54, 1.807) is 0 Å². The number of aromatic nitrogens is 1. The Morgan fingerprint density at radius 1 is 0.721 bits per heavy atom. The molecule has 0 saturated heterocycles. The lowest BCUT2D eigenvalue weighted by Gasteiger charge is -2.24. The van der Waals surface area contributed by atoms with Crippen molar-refractivity contribution in [2.75, 3.05) is 11.9 Å². The Morgan fingerprint density at radius 2 is 1.28 bits per heavy atom. The van der Waals surface area contributed by atoms with Crippen LogP contribution in [0.25, 0.3) is 55.3 Å². The summed E-state index contributed by atoms with van der Waals surface area (Å²) in [5.41, 5.74) is 12.4. The van der Waals surface area contributed by atoms with Crippen molar-refractivity contribution in [2.24, 2.45) is 11.8 Å². The summed E-state index contributed by atoms with van der Waals surface area (Å²) in [6.07, 6.45) is 3.04. The second-order valence-electron chi connectivity index (χ2n) is 11.9. The molecule has 1 aliphatic rings. The van der Waals surface area contributed by atoms with Crippen molar-refractivity contribution in [1.29, 1.82) is 0 Å². The van der Waals surface area contributed by atoms with E-state index in [9.17, 15) is 0 Å². The van der Waals surface area contributed by atoms with Crippen molar-refractivity contribution in [3.05, 3.63) is 152 Å². The van der Waals surface area contributed by atoms with Gasteiger partial charge in [0.2, 0.25) is 0 Å². The molecular formula is C41H36N2. The molecule has 0 spiro atoms. The first-order valence-corrected chi connectivity index (χ1v) is 15.0. The molecule has 0 N–H and O–H groups in total.